The Balaban J connectivity index is 1.90. The lowest BCUT2D eigenvalue weighted by atomic mass is 10.1. The van der Waals surface area contributed by atoms with Crippen LogP contribution in [0.1, 0.15) is 25.8 Å². The number of fused-ring (bicyclic) bond motifs is 1. The number of halogens is 1. The summed E-state index contributed by atoms with van der Waals surface area (Å²) < 4.78 is 11.1. The van der Waals surface area contributed by atoms with Gasteiger partial charge in [-0.15, -0.1) is 0 Å². The summed E-state index contributed by atoms with van der Waals surface area (Å²) in [6.07, 6.45) is 1.88. The maximum absolute atomic E-state index is 6.24. The Hall–Kier alpha value is -1.62. The van der Waals surface area contributed by atoms with Gasteiger partial charge in [-0.1, -0.05) is 18.5 Å². The van der Waals surface area contributed by atoms with Crippen molar-refractivity contribution in [1.29, 1.82) is 0 Å². The zero-order valence-electron chi connectivity index (χ0n) is 13.4. The molecule has 1 aromatic rings. The highest BCUT2D eigenvalue weighted by Gasteiger charge is 2.16. The summed E-state index contributed by atoms with van der Waals surface area (Å²) in [6.45, 7) is 6.16. The highest BCUT2D eigenvalue weighted by Crippen LogP contribution is 2.38. The van der Waals surface area contributed by atoms with Crippen LogP contribution < -0.4 is 20.1 Å². The molecule has 22 heavy (non-hydrogen) atoms. The third-order valence-corrected chi connectivity index (χ3v) is 3.86. The molecule has 1 unspecified atom stereocenters. The predicted octanol–water partition coefficient (Wildman–Crippen LogP) is 2.62. The molecule has 1 atom stereocenters. The van der Waals surface area contributed by atoms with E-state index in [1.54, 1.807) is 7.05 Å². The minimum atomic E-state index is 0.398. The molecule has 0 amide bonds. The Morgan fingerprint density at radius 1 is 1.36 bits per heavy atom. The molecule has 0 aliphatic carbocycles. The SMILES string of the molecule is CCC(C)NC(=NC)NCCc1cc(Cl)c2c(c1)OCCO2. The van der Waals surface area contributed by atoms with Crippen molar-refractivity contribution in [1.82, 2.24) is 10.6 Å². The monoisotopic (exact) mass is 325 g/mol. The average Bonchev–Trinajstić information content (AvgIpc) is 2.53. The Kier molecular flexibility index (Phi) is 6.19. The highest BCUT2D eigenvalue weighted by molar-refractivity contribution is 6.32. The van der Waals surface area contributed by atoms with Crippen LogP contribution in [-0.2, 0) is 6.42 Å². The molecule has 1 aromatic carbocycles. The fourth-order valence-electron chi connectivity index (χ4n) is 2.16. The maximum atomic E-state index is 6.24. The zero-order chi connectivity index (χ0) is 15.9. The Morgan fingerprint density at radius 3 is 2.86 bits per heavy atom. The number of guanidine groups is 1. The van der Waals surface area contributed by atoms with Crippen LogP contribution in [-0.4, -0.2) is 38.8 Å². The van der Waals surface area contributed by atoms with Crippen LogP contribution in [0.3, 0.4) is 0 Å². The Morgan fingerprint density at radius 2 is 2.14 bits per heavy atom. The molecule has 0 radical (unpaired) electrons. The first-order chi connectivity index (χ1) is 10.6. The lowest BCUT2D eigenvalue weighted by molar-refractivity contribution is 0.171. The smallest absolute Gasteiger partial charge is 0.191 e. The molecule has 0 bridgehead atoms. The van der Waals surface area contributed by atoms with Gasteiger partial charge in [0.05, 0.1) is 5.02 Å². The summed E-state index contributed by atoms with van der Waals surface area (Å²) in [6, 6.07) is 4.32. The number of benzene rings is 1. The summed E-state index contributed by atoms with van der Waals surface area (Å²) in [5, 5.41) is 7.24. The summed E-state index contributed by atoms with van der Waals surface area (Å²) in [5.41, 5.74) is 1.11. The van der Waals surface area contributed by atoms with Crippen LogP contribution in [0.15, 0.2) is 17.1 Å². The number of rotatable bonds is 5. The van der Waals surface area contributed by atoms with Gasteiger partial charge in [0.2, 0.25) is 0 Å². The number of ether oxygens (including phenoxy) is 2. The lowest BCUT2D eigenvalue weighted by Gasteiger charge is -2.20. The molecule has 5 nitrogen and oxygen atoms in total. The molecule has 2 rings (SSSR count). The predicted molar refractivity (Wildman–Crippen MR) is 90.4 cm³/mol. The van der Waals surface area contributed by atoms with Crippen molar-refractivity contribution < 1.29 is 9.47 Å². The van der Waals surface area contributed by atoms with Gasteiger partial charge >= 0.3 is 0 Å². The molecule has 1 heterocycles. The van der Waals surface area contributed by atoms with E-state index in [0.717, 1.165) is 36.7 Å². The molecule has 0 saturated heterocycles. The molecule has 0 saturated carbocycles. The van der Waals surface area contributed by atoms with Crippen LogP contribution in [0.4, 0.5) is 0 Å². The highest BCUT2D eigenvalue weighted by atomic mass is 35.5. The molecule has 6 heteroatoms. The van der Waals surface area contributed by atoms with Gasteiger partial charge in [-0.25, -0.2) is 0 Å². The second kappa shape index (κ2) is 8.13. The Labute approximate surface area is 137 Å². The first kappa shape index (κ1) is 16.7. The average molecular weight is 326 g/mol. The quantitative estimate of drug-likeness (QED) is 0.645. The second-order valence-electron chi connectivity index (χ2n) is 5.30. The van der Waals surface area contributed by atoms with Crippen molar-refractivity contribution in [3.05, 3.63) is 22.7 Å². The van der Waals surface area contributed by atoms with Gasteiger partial charge < -0.3 is 20.1 Å². The van der Waals surface area contributed by atoms with Crippen LogP contribution in [0.2, 0.25) is 5.02 Å². The van der Waals surface area contributed by atoms with Crippen LogP contribution >= 0.6 is 11.6 Å². The van der Waals surface area contributed by atoms with Gasteiger partial charge in [-0.3, -0.25) is 4.99 Å². The molecular weight excluding hydrogens is 302 g/mol. The van der Waals surface area contributed by atoms with Gasteiger partial charge in [0, 0.05) is 19.6 Å². The van der Waals surface area contributed by atoms with E-state index in [9.17, 15) is 0 Å². The standard InChI is InChI=1S/C16H24ClN3O2/c1-4-11(2)20-16(18-3)19-6-5-12-9-13(17)15-14(10-12)21-7-8-22-15/h9-11H,4-8H2,1-3H3,(H2,18,19,20). The third-order valence-electron chi connectivity index (χ3n) is 3.58. The number of nitrogens with zero attached hydrogens (tertiary/aromatic N) is 1. The molecule has 0 spiro atoms. The fourth-order valence-corrected chi connectivity index (χ4v) is 2.45. The summed E-state index contributed by atoms with van der Waals surface area (Å²) in [5.74, 6) is 2.20. The molecule has 0 aromatic heterocycles. The van der Waals surface area contributed by atoms with Crippen LogP contribution in [0, 0.1) is 0 Å². The first-order valence-electron chi connectivity index (χ1n) is 7.69. The van der Waals surface area contributed by atoms with Crippen molar-refractivity contribution in [2.24, 2.45) is 4.99 Å². The summed E-state index contributed by atoms with van der Waals surface area (Å²) >= 11 is 6.24. The number of hydrogen-bond donors (Lipinski definition) is 2. The van der Waals surface area contributed by atoms with Crippen LogP contribution in [0.25, 0.3) is 0 Å². The normalized spacial score (nSPS) is 15.4. The third kappa shape index (κ3) is 4.44. The van der Waals surface area contributed by atoms with Crippen molar-refractivity contribution in [2.45, 2.75) is 32.7 Å². The molecule has 1 aliphatic heterocycles. The maximum Gasteiger partial charge on any atom is 0.191 e. The van der Waals surface area contributed by atoms with E-state index >= 15 is 0 Å². The largest absolute Gasteiger partial charge is 0.486 e. The molecular formula is C16H24ClN3O2. The van der Waals surface area contributed by atoms with Crippen molar-refractivity contribution in [3.8, 4) is 11.5 Å². The number of nitrogens with one attached hydrogen (secondary N) is 2. The molecule has 122 valence electrons. The fraction of sp³-hybridized carbons (Fsp3) is 0.562. The van der Waals surface area contributed by atoms with E-state index in [-0.39, 0.29) is 0 Å². The van der Waals surface area contributed by atoms with Gasteiger partial charge in [-0.2, -0.15) is 0 Å². The van der Waals surface area contributed by atoms with Gasteiger partial charge in [0.1, 0.15) is 13.2 Å². The van der Waals surface area contributed by atoms with E-state index < -0.39 is 0 Å². The van der Waals surface area contributed by atoms with Gasteiger partial charge in [0.15, 0.2) is 17.5 Å². The van der Waals surface area contributed by atoms with E-state index in [0.29, 0.717) is 30.0 Å². The molecule has 1 aliphatic rings. The molecule has 2 N–H and O–H groups in total. The zero-order valence-corrected chi connectivity index (χ0v) is 14.2. The van der Waals surface area contributed by atoms with Crippen molar-refractivity contribution >= 4 is 17.6 Å². The second-order valence-corrected chi connectivity index (χ2v) is 5.71. The number of hydrogen-bond acceptors (Lipinski definition) is 3. The topological polar surface area (TPSA) is 54.9 Å². The van der Waals surface area contributed by atoms with E-state index in [1.807, 2.05) is 12.1 Å². The van der Waals surface area contributed by atoms with Gasteiger partial charge in [0.25, 0.3) is 0 Å². The lowest BCUT2D eigenvalue weighted by Crippen LogP contribution is -2.42. The summed E-state index contributed by atoms with van der Waals surface area (Å²) in [7, 11) is 1.78. The van der Waals surface area contributed by atoms with Crippen molar-refractivity contribution in [3.63, 3.8) is 0 Å². The Bertz CT molecular complexity index is 534. The van der Waals surface area contributed by atoms with Crippen molar-refractivity contribution in [2.75, 3.05) is 26.8 Å². The minimum absolute atomic E-state index is 0.398. The molecule has 0 fully saturated rings. The van der Waals surface area contributed by atoms with E-state index in [1.165, 1.54) is 0 Å². The minimum Gasteiger partial charge on any atom is -0.486 e. The summed E-state index contributed by atoms with van der Waals surface area (Å²) in [4.78, 5) is 4.22. The number of aliphatic imine (C=N–C) groups is 1. The van der Waals surface area contributed by atoms with E-state index in [2.05, 4.69) is 29.5 Å². The first-order valence-corrected chi connectivity index (χ1v) is 8.07. The van der Waals surface area contributed by atoms with Crippen LogP contribution in [0.5, 0.6) is 11.5 Å². The van der Waals surface area contributed by atoms with E-state index in [4.69, 9.17) is 21.1 Å². The van der Waals surface area contributed by atoms with Gasteiger partial charge in [-0.05, 0) is 37.5 Å².